The number of amides is 1. The molecule has 0 aromatic carbocycles. The Kier molecular flexibility index (Phi) is 7.67. The first kappa shape index (κ1) is 21.7. The molecule has 0 bridgehead atoms. The molecule has 4 rings (SSSR count). The Hall–Kier alpha value is -1.61. The number of hydrogen-bond donors (Lipinski definition) is 1. The number of piperazine rings is 1. The van der Waals surface area contributed by atoms with Crippen LogP contribution in [0.4, 0.5) is 0 Å². The summed E-state index contributed by atoms with van der Waals surface area (Å²) < 4.78 is 6.69. The van der Waals surface area contributed by atoms with Crippen molar-refractivity contribution in [3.63, 3.8) is 0 Å². The first-order chi connectivity index (χ1) is 12.2. The molecule has 1 N–H and O–H groups in total. The lowest BCUT2D eigenvalue weighted by Gasteiger charge is -2.36. The second kappa shape index (κ2) is 9.54. The van der Waals surface area contributed by atoms with Crippen molar-refractivity contribution in [2.45, 2.75) is 12.5 Å². The number of hydrogen-bond acceptors (Lipinski definition) is 6. The number of nitrogens with zero attached hydrogens (tertiary/aromatic N) is 5. The Morgan fingerprint density at radius 3 is 2.67 bits per heavy atom. The average molecular weight is 417 g/mol. The number of carbonyl (C=O) groups excluding carboxylic acids is 1. The van der Waals surface area contributed by atoms with E-state index in [1.807, 2.05) is 30.4 Å². The summed E-state index contributed by atoms with van der Waals surface area (Å²) in [7, 11) is 1.91. The van der Waals surface area contributed by atoms with Crippen molar-refractivity contribution < 1.29 is 9.32 Å². The normalized spacial score (nSPS) is 22.9. The summed E-state index contributed by atoms with van der Waals surface area (Å²) in [6.45, 7) is 5.65. The maximum atomic E-state index is 13.0. The van der Waals surface area contributed by atoms with Crippen LogP contribution in [0.3, 0.4) is 0 Å². The zero-order valence-corrected chi connectivity index (χ0v) is 16.9. The molecule has 8 nitrogen and oxygen atoms in total. The minimum Gasteiger partial charge on any atom is -0.364 e. The van der Waals surface area contributed by atoms with Crippen LogP contribution >= 0.6 is 24.8 Å². The molecule has 4 heterocycles. The smallest absolute Gasteiger partial charge is 0.227 e. The van der Waals surface area contributed by atoms with Gasteiger partial charge in [-0.3, -0.25) is 14.4 Å². The number of rotatable bonds is 4. The standard InChI is InChI=1S/C17H24N6O2.2ClH/c1-21-11-13(8-19-21)15-9-18-10-16(15)17(24)23-5-3-22(4-6-23)12-14-2-7-25-20-14;;/h2,7-8,11,15-16,18H,3-6,9-10,12H2,1H3;2*1H/t15-,16+;;/m1../s1. The Morgan fingerprint density at radius 2 is 2.04 bits per heavy atom. The Bertz CT molecular complexity index is 715. The molecule has 2 aromatic heterocycles. The maximum absolute atomic E-state index is 13.0. The molecule has 0 radical (unpaired) electrons. The minimum atomic E-state index is 0. The highest BCUT2D eigenvalue weighted by atomic mass is 35.5. The van der Waals surface area contributed by atoms with Gasteiger partial charge in [0.1, 0.15) is 6.26 Å². The predicted molar refractivity (Wildman–Crippen MR) is 105 cm³/mol. The molecule has 2 aliphatic rings. The van der Waals surface area contributed by atoms with Crippen LogP contribution < -0.4 is 5.32 Å². The van der Waals surface area contributed by atoms with E-state index >= 15 is 0 Å². The van der Waals surface area contributed by atoms with Gasteiger partial charge in [0.05, 0.1) is 17.8 Å². The molecular weight excluding hydrogens is 391 g/mol. The lowest BCUT2D eigenvalue weighted by molar-refractivity contribution is -0.137. The van der Waals surface area contributed by atoms with E-state index in [9.17, 15) is 4.79 Å². The highest BCUT2D eigenvalue weighted by molar-refractivity contribution is 5.85. The Labute approximate surface area is 171 Å². The summed E-state index contributed by atoms with van der Waals surface area (Å²) in [5.41, 5.74) is 2.09. The van der Waals surface area contributed by atoms with Gasteiger partial charge in [0.2, 0.25) is 5.91 Å². The molecule has 2 atom stereocenters. The van der Waals surface area contributed by atoms with Gasteiger partial charge in [-0.1, -0.05) is 5.16 Å². The van der Waals surface area contributed by atoms with Crippen LogP contribution in [0.2, 0.25) is 0 Å². The van der Waals surface area contributed by atoms with Crippen molar-refractivity contribution in [3.05, 3.63) is 36.0 Å². The molecule has 2 aliphatic heterocycles. The largest absolute Gasteiger partial charge is 0.364 e. The van der Waals surface area contributed by atoms with E-state index in [2.05, 4.69) is 20.5 Å². The molecule has 0 spiro atoms. The molecular formula is C17H26Cl2N6O2. The summed E-state index contributed by atoms with van der Waals surface area (Å²) in [5.74, 6) is 0.487. The van der Waals surface area contributed by atoms with Crippen LogP contribution in [-0.2, 0) is 18.4 Å². The van der Waals surface area contributed by atoms with Gasteiger partial charge < -0.3 is 14.7 Å². The number of nitrogens with one attached hydrogen (secondary N) is 1. The molecule has 0 aliphatic carbocycles. The topological polar surface area (TPSA) is 79.4 Å². The summed E-state index contributed by atoms with van der Waals surface area (Å²) in [4.78, 5) is 17.4. The molecule has 1 amide bonds. The SMILES string of the molecule is Cl.Cl.Cn1cc([C@H]2CNC[C@@H]2C(=O)N2CCN(Cc3ccon3)CC2)cn1. The second-order valence-electron chi connectivity index (χ2n) is 6.91. The van der Waals surface area contributed by atoms with Gasteiger partial charge in [-0.2, -0.15) is 5.10 Å². The van der Waals surface area contributed by atoms with Gasteiger partial charge in [-0.05, 0) is 5.56 Å². The van der Waals surface area contributed by atoms with Crippen LogP contribution in [-0.4, -0.2) is 69.9 Å². The van der Waals surface area contributed by atoms with E-state index in [0.717, 1.165) is 57.1 Å². The van der Waals surface area contributed by atoms with E-state index in [-0.39, 0.29) is 42.6 Å². The molecule has 2 aromatic rings. The maximum Gasteiger partial charge on any atom is 0.227 e. The van der Waals surface area contributed by atoms with Crippen molar-refractivity contribution in [2.24, 2.45) is 13.0 Å². The molecule has 2 fully saturated rings. The van der Waals surface area contributed by atoms with E-state index in [1.54, 1.807) is 10.9 Å². The van der Waals surface area contributed by atoms with Gasteiger partial charge >= 0.3 is 0 Å². The summed E-state index contributed by atoms with van der Waals surface area (Å²) in [5, 5.41) is 11.6. The number of aryl methyl sites for hydroxylation is 1. The third-order valence-corrected chi connectivity index (χ3v) is 5.25. The minimum absolute atomic E-state index is 0. The zero-order chi connectivity index (χ0) is 17.2. The second-order valence-corrected chi connectivity index (χ2v) is 6.91. The fourth-order valence-corrected chi connectivity index (χ4v) is 3.83. The van der Waals surface area contributed by atoms with E-state index < -0.39 is 0 Å². The van der Waals surface area contributed by atoms with Gasteiger partial charge in [-0.25, -0.2) is 0 Å². The van der Waals surface area contributed by atoms with Crippen LogP contribution in [0.15, 0.2) is 29.2 Å². The van der Waals surface area contributed by atoms with Crippen molar-refractivity contribution in [1.82, 2.24) is 30.1 Å². The number of carbonyl (C=O) groups is 1. The summed E-state index contributed by atoms with van der Waals surface area (Å²) >= 11 is 0. The summed E-state index contributed by atoms with van der Waals surface area (Å²) in [6, 6.07) is 1.89. The van der Waals surface area contributed by atoms with Gasteiger partial charge in [-0.15, -0.1) is 24.8 Å². The summed E-state index contributed by atoms with van der Waals surface area (Å²) in [6.07, 6.45) is 5.50. The van der Waals surface area contributed by atoms with E-state index in [1.165, 1.54) is 0 Å². The van der Waals surface area contributed by atoms with E-state index in [4.69, 9.17) is 4.52 Å². The highest BCUT2D eigenvalue weighted by Gasteiger charge is 2.37. The van der Waals surface area contributed by atoms with Gasteiger partial charge in [0.15, 0.2) is 0 Å². The number of halogens is 2. The molecule has 2 saturated heterocycles. The molecule has 10 heteroatoms. The van der Waals surface area contributed by atoms with Gasteiger partial charge in [0, 0.05) is 71.0 Å². The van der Waals surface area contributed by atoms with Crippen molar-refractivity contribution in [1.29, 1.82) is 0 Å². The first-order valence-corrected chi connectivity index (χ1v) is 8.80. The Balaban J connectivity index is 0.00000131. The monoisotopic (exact) mass is 416 g/mol. The first-order valence-electron chi connectivity index (χ1n) is 8.80. The fourth-order valence-electron chi connectivity index (χ4n) is 3.83. The average Bonchev–Trinajstić information content (AvgIpc) is 3.36. The van der Waals surface area contributed by atoms with Crippen molar-refractivity contribution in [3.8, 4) is 0 Å². The van der Waals surface area contributed by atoms with Crippen LogP contribution in [0, 0.1) is 5.92 Å². The van der Waals surface area contributed by atoms with Gasteiger partial charge in [0.25, 0.3) is 0 Å². The lowest BCUT2D eigenvalue weighted by Crippen LogP contribution is -2.50. The highest BCUT2D eigenvalue weighted by Crippen LogP contribution is 2.29. The third kappa shape index (κ3) is 4.82. The van der Waals surface area contributed by atoms with Crippen molar-refractivity contribution in [2.75, 3.05) is 39.3 Å². The Morgan fingerprint density at radius 1 is 1.26 bits per heavy atom. The fraction of sp³-hybridized carbons (Fsp3) is 0.588. The predicted octanol–water partition coefficient (Wildman–Crippen LogP) is 0.899. The van der Waals surface area contributed by atoms with Crippen LogP contribution in [0.5, 0.6) is 0 Å². The quantitative estimate of drug-likeness (QED) is 0.797. The molecule has 150 valence electrons. The van der Waals surface area contributed by atoms with E-state index in [0.29, 0.717) is 0 Å². The zero-order valence-electron chi connectivity index (χ0n) is 15.3. The van der Waals surface area contributed by atoms with Crippen LogP contribution in [0.25, 0.3) is 0 Å². The van der Waals surface area contributed by atoms with Crippen molar-refractivity contribution >= 4 is 30.7 Å². The lowest BCUT2D eigenvalue weighted by atomic mass is 9.89. The van der Waals surface area contributed by atoms with Crippen LogP contribution in [0.1, 0.15) is 17.2 Å². The molecule has 0 unspecified atom stereocenters. The third-order valence-electron chi connectivity index (χ3n) is 5.25. The molecule has 27 heavy (non-hydrogen) atoms. The number of aromatic nitrogens is 3. The molecule has 0 saturated carbocycles.